The molecule has 0 aliphatic carbocycles. The number of hydrogen-bond donors (Lipinski definition) is 0. The summed E-state index contributed by atoms with van der Waals surface area (Å²) in [6.07, 6.45) is 4.80. The van der Waals surface area contributed by atoms with E-state index < -0.39 is 10.0 Å². The molecule has 2 fully saturated rings. The van der Waals surface area contributed by atoms with Crippen molar-refractivity contribution in [2.24, 2.45) is 5.92 Å². The summed E-state index contributed by atoms with van der Waals surface area (Å²) in [6, 6.07) is 6.39. The molecule has 0 atom stereocenters. The van der Waals surface area contributed by atoms with Crippen LogP contribution in [0.3, 0.4) is 0 Å². The highest BCUT2D eigenvalue weighted by atomic mass is 32.2. The minimum Gasteiger partial charge on any atom is -0.412 e. The zero-order valence-corrected chi connectivity index (χ0v) is 17.4. The van der Waals surface area contributed by atoms with Gasteiger partial charge in [-0.15, -0.1) is 10.2 Å². The number of sulfonamides is 1. The second kappa shape index (κ2) is 8.23. The Labute approximate surface area is 171 Å². The third-order valence-corrected chi connectivity index (χ3v) is 7.65. The van der Waals surface area contributed by atoms with Gasteiger partial charge < -0.3 is 9.32 Å². The number of nitrogens with zero attached hydrogens (tertiary/aromatic N) is 4. The summed E-state index contributed by atoms with van der Waals surface area (Å²) in [4.78, 5) is 14.5. The van der Waals surface area contributed by atoms with Crippen molar-refractivity contribution in [1.29, 1.82) is 0 Å². The first kappa shape index (κ1) is 20.0. The largest absolute Gasteiger partial charge is 0.412 e. The summed E-state index contributed by atoms with van der Waals surface area (Å²) in [7, 11) is -3.48. The predicted octanol–water partition coefficient (Wildman–Crippen LogP) is 2.78. The van der Waals surface area contributed by atoms with Crippen LogP contribution in [-0.2, 0) is 10.0 Å². The van der Waals surface area contributed by atoms with E-state index in [0.717, 1.165) is 32.1 Å². The van der Waals surface area contributed by atoms with Crippen molar-refractivity contribution in [2.75, 3.05) is 26.2 Å². The Balaban J connectivity index is 1.48. The SMILES string of the molecule is CC1CCN(C(=O)c2nnc(-c3ccc(S(=O)(=O)N4CCCCC4)cc3)o2)CC1. The van der Waals surface area contributed by atoms with Crippen LogP contribution in [0.15, 0.2) is 33.6 Å². The lowest BCUT2D eigenvalue weighted by Gasteiger charge is -2.29. The maximum Gasteiger partial charge on any atom is 0.311 e. The molecule has 3 heterocycles. The van der Waals surface area contributed by atoms with Crippen LogP contribution >= 0.6 is 0 Å². The Kier molecular flexibility index (Phi) is 5.69. The third-order valence-electron chi connectivity index (χ3n) is 5.73. The maximum atomic E-state index is 12.8. The molecule has 1 aromatic carbocycles. The molecule has 1 amide bonds. The molecule has 0 N–H and O–H groups in total. The second-order valence-electron chi connectivity index (χ2n) is 7.88. The fourth-order valence-corrected chi connectivity index (χ4v) is 5.31. The quantitative estimate of drug-likeness (QED) is 0.757. The van der Waals surface area contributed by atoms with Gasteiger partial charge in [0.2, 0.25) is 15.9 Å². The molecule has 0 saturated carbocycles. The van der Waals surface area contributed by atoms with Crippen molar-refractivity contribution in [3.05, 3.63) is 30.2 Å². The van der Waals surface area contributed by atoms with Crippen molar-refractivity contribution in [2.45, 2.75) is 43.9 Å². The number of likely N-dealkylation sites (tertiary alicyclic amines) is 1. The molecule has 0 unspecified atom stereocenters. The Bertz CT molecular complexity index is 957. The fourth-order valence-electron chi connectivity index (χ4n) is 3.80. The zero-order valence-electron chi connectivity index (χ0n) is 16.6. The lowest BCUT2D eigenvalue weighted by molar-refractivity contribution is 0.0657. The van der Waals surface area contributed by atoms with Gasteiger partial charge in [0.05, 0.1) is 4.90 Å². The smallest absolute Gasteiger partial charge is 0.311 e. The first-order valence-corrected chi connectivity index (χ1v) is 11.6. The fraction of sp³-hybridized carbons (Fsp3) is 0.550. The van der Waals surface area contributed by atoms with Crippen molar-refractivity contribution in [3.63, 3.8) is 0 Å². The molecule has 4 rings (SSSR count). The van der Waals surface area contributed by atoms with Crippen LogP contribution in [0, 0.1) is 5.92 Å². The lowest BCUT2D eigenvalue weighted by Crippen LogP contribution is -2.38. The molecular weight excluding hydrogens is 392 g/mol. The Morgan fingerprint density at radius 3 is 2.31 bits per heavy atom. The van der Waals surface area contributed by atoms with Gasteiger partial charge in [-0.05, 0) is 55.9 Å². The van der Waals surface area contributed by atoms with Gasteiger partial charge in [0, 0.05) is 31.7 Å². The number of rotatable bonds is 4. The van der Waals surface area contributed by atoms with Crippen LogP contribution in [0.4, 0.5) is 0 Å². The number of piperidine rings is 2. The van der Waals surface area contributed by atoms with E-state index in [9.17, 15) is 13.2 Å². The summed E-state index contributed by atoms with van der Waals surface area (Å²) in [5.74, 6) is 0.553. The van der Waals surface area contributed by atoms with Crippen LogP contribution in [0.5, 0.6) is 0 Å². The van der Waals surface area contributed by atoms with Crippen molar-refractivity contribution in [3.8, 4) is 11.5 Å². The van der Waals surface area contributed by atoms with Gasteiger partial charge in [0.1, 0.15) is 0 Å². The Morgan fingerprint density at radius 1 is 1.00 bits per heavy atom. The van der Waals surface area contributed by atoms with Gasteiger partial charge >= 0.3 is 11.8 Å². The molecule has 9 heteroatoms. The number of carbonyl (C=O) groups excluding carboxylic acids is 1. The van der Waals surface area contributed by atoms with Crippen molar-refractivity contribution >= 4 is 15.9 Å². The van der Waals surface area contributed by atoms with Crippen LogP contribution in [-0.4, -0.2) is 59.9 Å². The van der Waals surface area contributed by atoms with E-state index in [0.29, 0.717) is 37.7 Å². The highest BCUT2D eigenvalue weighted by molar-refractivity contribution is 7.89. The van der Waals surface area contributed by atoms with Crippen LogP contribution < -0.4 is 0 Å². The molecule has 2 saturated heterocycles. The highest BCUT2D eigenvalue weighted by Gasteiger charge is 2.27. The van der Waals surface area contributed by atoms with Crippen molar-refractivity contribution in [1.82, 2.24) is 19.4 Å². The number of hydrogen-bond acceptors (Lipinski definition) is 6. The van der Waals surface area contributed by atoms with Crippen LogP contribution in [0.1, 0.15) is 49.7 Å². The Hall–Kier alpha value is -2.26. The van der Waals surface area contributed by atoms with Gasteiger partial charge in [-0.2, -0.15) is 4.31 Å². The molecule has 0 radical (unpaired) electrons. The number of amides is 1. The molecule has 1 aromatic heterocycles. The molecule has 8 nitrogen and oxygen atoms in total. The second-order valence-corrected chi connectivity index (χ2v) is 9.81. The monoisotopic (exact) mass is 418 g/mol. The molecule has 29 heavy (non-hydrogen) atoms. The number of aromatic nitrogens is 2. The highest BCUT2D eigenvalue weighted by Crippen LogP contribution is 2.25. The number of benzene rings is 1. The topological polar surface area (TPSA) is 96.6 Å². The van der Waals surface area contributed by atoms with E-state index >= 15 is 0 Å². The van der Waals surface area contributed by atoms with Gasteiger partial charge in [0.15, 0.2) is 0 Å². The maximum absolute atomic E-state index is 12.8. The average Bonchev–Trinajstić information content (AvgIpc) is 3.25. The lowest BCUT2D eigenvalue weighted by atomic mass is 9.99. The van der Waals surface area contributed by atoms with Gasteiger partial charge in [-0.25, -0.2) is 8.42 Å². The summed E-state index contributed by atoms with van der Waals surface area (Å²) in [6.45, 7) is 4.70. The van der Waals surface area contributed by atoms with Crippen LogP contribution in [0.2, 0.25) is 0 Å². The summed E-state index contributed by atoms with van der Waals surface area (Å²) in [5, 5.41) is 7.87. The number of carbonyl (C=O) groups is 1. The first-order chi connectivity index (χ1) is 13.9. The first-order valence-electron chi connectivity index (χ1n) is 10.2. The van der Waals surface area contributed by atoms with E-state index in [1.165, 1.54) is 4.31 Å². The molecule has 156 valence electrons. The van der Waals surface area contributed by atoms with Gasteiger partial charge in [0.25, 0.3) is 0 Å². The van der Waals surface area contributed by atoms with E-state index in [1.807, 2.05) is 0 Å². The molecule has 2 aromatic rings. The van der Waals surface area contributed by atoms with Crippen LogP contribution in [0.25, 0.3) is 11.5 Å². The average molecular weight is 419 g/mol. The Morgan fingerprint density at radius 2 is 1.66 bits per heavy atom. The summed E-state index contributed by atoms with van der Waals surface area (Å²) in [5.41, 5.74) is 0.585. The molecule has 2 aliphatic rings. The minimum atomic E-state index is -3.48. The van der Waals surface area contributed by atoms with Crippen molar-refractivity contribution < 1.29 is 17.6 Å². The minimum absolute atomic E-state index is 0.0282. The molecule has 0 spiro atoms. The normalized spacial score (nSPS) is 19.4. The zero-order chi connectivity index (χ0) is 20.4. The third kappa shape index (κ3) is 4.20. The summed E-state index contributed by atoms with van der Waals surface area (Å²) >= 11 is 0. The molecular formula is C20H26N4O4S. The van der Waals surface area contributed by atoms with E-state index in [4.69, 9.17) is 4.42 Å². The van der Waals surface area contributed by atoms with Gasteiger partial charge in [-0.1, -0.05) is 13.3 Å². The van der Waals surface area contributed by atoms with E-state index in [2.05, 4.69) is 17.1 Å². The molecule has 0 bridgehead atoms. The standard InChI is InChI=1S/C20H26N4O4S/c1-15-9-13-23(14-10-15)20(25)19-22-21-18(28-19)16-5-7-17(8-6-16)29(26,27)24-11-3-2-4-12-24/h5-8,15H,2-4,9-14H2,1H3. The predicted molar refractivity (Wildman–Crippen MR) is 107 cm³/mol. The molecule has 2 aliphatic heterocycles. The van der Waals surface area contributed by atoms with Gasteiger partial charge in [-0.3, -0.25) is 4.79 Å². The van der Waals surface area contributed by atoms with E-state index in [1.54, 1.807) is 29.2 Å². The summed E-state index contributed by atoms with van der Waals surface area (Å²) < 4.78 is 32.6. The van der Waals surface area contributed by atoms with E-state index in [-0.39, 0.29) is 22.6 Å².